The SMILES string of the molecule is CCCNC(C)C(C)(C)CN(CCOC)C(C)C. The molecule has 0 fully saturated rings. The van der Waals surface area contributed by atoms with Crippen LogP contribution < -0.4 is 5.32 Å². The maximum atomic E-state index is 5.21. The number of methoxy groups -OCH3 is 1. The van der Waals surface area contributed by atoms with Crippen LogP contribution in [-0.4, -0.2) is 50.3 Å². The van der Waals surface area contributed by atoms with Gasteiger partial charge in [-0.15, -0.1) is 0 Å². The van der Waals surface area contributed by atoms with Crippen LogP contribution in [0.2, 0.25) is 0 Å². The van der Waals surface area contributed by atoms with Gasteiger partial charge in [0.25, 0.3) is 0 Å². The van der Waals surface area contributed by atoms with Crippen molar-refractivity contribution in [1.82, 2.24) is 10.2 Å². The summed E-state index contributed by atoms with van der Waals surface area (Å²) in [4.78, 5) is 2.51. The first-order valence-electron chi connectivity index (χ1n) is 7.31. The lowest BCUT2D eigenvalue weighted by molar-refractivity contribution is 0.0828. The summed E-state index contributed by atoms with van der Waals surface area (Å²) in [7, 11) is 1.77. The van der Waals surface area contributed by atoms with Crippen LogP contribution in [0, 0.1) is 5.41 Å². The minimum atomic E-state index is 0.271. The summed E-state index contributed by atoms with van der Waals surface area (Å²) < 4.78 is 5.21. The van der Waals surface area contributed by atoms with Crippen LogP contribution in [0.15, 0.2) is 0 Å². The van der Waals surface area contributed by atoms with E-state index in [9.17, 15) is 0 Å². The fraction of sp³-hybridized carbons (Fsp3) is 1.00. The van der Waals surface area contributed by atoms with Crippen LogP contribution in [0.5, 0.6) is 0 Å². The number of hydrogen-bond donors (Lipinski definition) is 1. The largest absolute Gasteiger partial charge is 0.383 e. The van der Waals surface area contributed by atoms with Crippen LogP contribution in [0.1, 0.15) is 48.0 Å². The van der Waals surface area contributed by atoms with Crippen molar-refractivity contribution >= 4 is 0 Å². The zero-order valence-electron chi connectivity index (χ0n) is 13.5. The van der Waals surface area contributed by atoms with E-state index in [-0.39, 0.29) is 5.41 Å². The molecule has 0 aliphatic rings. The van der Waals surface area contributed by atoms with E-state index >= 15 is 0 Å². The van der Waals surface area contributed by atoms with E-state index in [1.165, 1.54) is 6.42 Å². The van der Waals surface area contributed by atoms with Crippen LogP contribution >= 0.6 is 0 Å². The lowest BCUT2D eigenvalue weighted by Gasteiger charge is -2.39. The highest BCUT2D eigenvalue weighted by Gasteiger charge is 2.28. The molecule has 0 radical (unpaired) electrons. The molecule has 0 aromatic heterocycles. The van der Waals surface area contributed by atoms with Gasteiger partial charge in [0.15, 0.2) is 0 Å². The Labute approximate surface area is 114 Å². The third kappa shape index (κ3) is 6.72. The normalized spacial score (nSPS) is 14.5. The molecule has 0 amide bonds. The summed E-state index contributed by atoms with van der Waals surface area (Å²) in [5, 5.41) is 3.62. The molecule has 1 N–H and O–H groups in total. The van der Waals surface area contributed by atoms with E-state index in [0.29, 0.717) is 12.1 Å². The van der Waals surface area contributed by atoms with Crippen molar-refractivity contribution in [3.8, 4) is 0 Å². The number of nitrogens with zero attached hydrogens (tertiary/aromatic N) is 1. The highest BCUT2D eigenvalue weighted by molar-refractivity contribution is 4.84. The van der Waals surface area contributed by atoms with Gasteiger partial charge in [0.2, 0.25) is 0 Å². The third-order valence-corrected chi connectivity index (χ3v) is 3.80. The van der Waals surface area contributed by atoms with Crippen molar-refractivity contribution in [2.24, 2.45) is 5.41 Å². The van der Waals surface area contributed by atoms with E-state index in [1.807, 2.05) is 0 Å². The minimum Gasteiger partial charge on any atom is -0.383 e. The van der Waals surface area contributed by atoms with Gasteiger partial charge >= 0.3 is 0 Å². The standard InChI is InChI=1S/C15H34N2O/c1-8-9-16-14(4)15(5,6)12-17(13(2)3)10-11-18-7/h13-14,16H,8-12H2,1-7H3. The van der Waals surface area contributed by atoms with E-state index in [0.717, 1.165) is 26.2 Å². The Morgan fingerprint density at radius 1 is 1.22 bits per heavy atom. The van der Waals surface area contributed by atoms with Gasteiger partial charge in [0.05, 0.1) is 6.61 Å². The smallest absolute Gasteiger partial charge is 0.0589 e. The lowest BCUT2D eigenvalue weighted by atomic mass is 9.84. The van der Waals surface area contributed by atoms with Crippen molar-refractivity contribution in [3.05, 3.63) is 0 Å². The van der Waals surface area contributed by atoms with Crippen molar-refractivity contribution in [2.75, 3.05) is 33.4 Å². The fourth-order valence-electron chi connectivity index (χ4n) is 2.03. The van der Waals surface area contributed by atoms with Crippen LogP contribution in [0.25, 0.3) is 0 Å². The first-order chi connectivity index (χ1) is 8.35. The molecule has 0 aliphatic heterocycles. The molecule has 110 valence electrons. The molecule has 0 rings (SSSR count). The Bertz CT molecular complexity index is 205. The van der Waals surface area contributed by atoms with Crippen LogP contribution in [-0.2, 0) is 4.74 Å². The average Bonchev–Trinajstić information content (AvgIpc) is 2.30. The van der Waals surface area contributed by atoms with Gasteiger partial charge in [0.1, 0.15) is 0 Å². The fourth-order valence-corrected chi connectivity index (χ4v) is 2.03. The Morgan fingerprint density at radius 2 is 1.83 bits per heavy atom. The molecule has 18 heavy (non-hydrogen) atoms. The number of nitrogens with one attached hydrogen (secondary N) is 1. The summed E-state index contributed by atoms with van der Waals surface area (Å²) >= 11 is 0. The molecular formula is C15H34N2O. The monoisotopic (exact) mass is 258 g/mol. The molecule has 0 aliphatic carbocycles. The molecule has 0 saturated carbocycles. The molecular weight excluding hydrogens is 224 g/mol. The number of rotatable bonds is 10. The molecule has 0 heterocycles. The van der Waals surface area contributed by atoms with Crippen molar-refractivity contribution in [3.63, 3.8) is 0 Å². The first-order valence-corrected chi connectivity index (χ1v) is 7.31. The summed E-state index contributed by atoms with van der Waals surface area (Å²) in [5.41, 5.74) is 0.271. The average molecular weight is 258 g/mol. The topological polar surface area (TPSA) is 24.5 Å². The molecule has 3 nitrogen and oxygen atoms in total. The van der Waals surface area contributed by atoms with Gasteiger partial charge in [-0.3, -0.25) is 4.90 Å². The molecule has 0 aromatic rings. The summed E-state index contributed by atoms with van der Waals surface area (Å²) in [6.45, 7) is 17.8. The number of ether oxygens (including phenoxy) is 1. The highest BCUT2D eigenvalue weighted by Crippen LogP contribution is 2.23. The van der Waals surface area contributed by atoms with Gasteiger partial charge in [-0.25, -0.2) is 0 Å². The zero-order valence-corrected chi connectivity index (χ0v) is 13.5. The molecule has 0 bridgehead atoms. The molecule has 3 heteroatoms. The van der Waals surface area contributed by atoms with E-state index in [2.05, 4.69) is 51.8 Å². The van der Waals surface area contributed by atoms with Crippen molar-refractivity contribution in [2.45, 2.75) is 60.0 Å². The second-order valence-corrected chi connectivity index (χ2v) is 6.22. The Hall–Kier alpha value is -0.120. The van der Waals surface area contributed by atoms with Gasteiger partial charge in [0, 0.05) is 32.3 Å². The van der Waals surface area contributed by atoms with E-state index in [4.69, 9.17) is 4.74 Å². The van der Waals surface area contributed by atoms with Gasteiger partial charge in [-0.1, -0.05) is 20.8 Å². The highest BCUT2D eigenvalue weighted by atomic mass is 16.5. The lowest BCUT2D eigenvalue weighted by Crippen LogP contribution is -2.49. The molecule has 0 aromatic carbocycles. The molecule has 0 spiro atoms. The van der Waals surface area contributed by atoms with Crippen molar-refractivity contribution < 1.29 is 4.74 Å². The first kappa shape index (κ1) is 17.9. The van der Waals surface area contributed by atoms with Crippen molar-refractivity contribution in [1.29, 1.82) is 0 Å². The quantitative estimate of drug-likeness (QED) is 0.652. The van der Waals surface area contributed by atoms with Gasteiger partial charge in [-0.2, -0.15) is 0 Å². The van der Waals surface area contributed by atoms with Crippen LogP contribution in [0.3, 0.4) is 0 Å². The Morgan fingerprint density at radius 3 is 2.28 bits per heavy atom. The number of hydrogen-bond acceptors (Lipinski definition) is 3. The second kappa shape index (κ2) is 8.89. The Kier molecular flexibility index (Phi) is 8.83. The summed E-state index contributed by atoms with van der Waals surface area (Å²) in [6, 6.07) is 1.10. The molecule has 0 saturated heterocycles. The third-order valence-electron chi connectivity index (χ3n) is 3.80. The maximum absolute atomic E-state index is 5.21. The second-order valence-electron chi connectivity index (χ2n) is 6.22. The predicted octanol–water partition coefficient (Wildman–Crippen LogP) is 2.76. The summed E-state index contributed by atoms with van der Waals surface area (Å²) in [5.74, 6) is 0. The van der Waals surface area contributed by atoms with Gasteiger partial charge < -0.3 is 10.1 Å². The molecule has 1 unspecified atom stereocenters. The zero-order chi connectivity index (χ0) is 14.2. The van der Waals surface area contributed by atoms with Gasteiger partial charge in [-0.05, 0) is 39.2 Å². The molecule has 1 atom stereocenters. The predicted molar refractivity (Wildman–Crippen MR) is 80.1 cm³/mol. The van der Waals surface area contributed by atoms with Crippen LogP contribution in [0.4, 0.5) is 0 Å². The minimum absolute atomic E-state index is 0.271. The van der Waals surface area contributed by atoms with E-state index in [1.54, 1.807) is 7.11 Å². The Balaban J connectivity index is 4.38. The maximum Gasteiger partial charge on any atom is 0.0589 e. The summed E-state index contributed by atoms with van der Waals surface area (Å²) in [6.07, 6.45) is 1.19. The van der Waals surface area contributed by atoms with E-state index < -0.39 is 0 Å².